The van der Waals surface area contributed by atoms with Crippen molar-refractivity contribution in [3.63, 3.8) is 0 Å². The summed E-state index contributed by atoms with van der Waals surface area (Å²) in [6, 6.07) is 6.79. The van der Waals surface area contributed by atoms with E-state index in [4.69, 9.17) is 19.0 Å². The molecule has 212 valence electrons. The number of anilines is 2. The number of aromatic nitrogens is 1. The molecule has 1 aromatic heterocycles. The van der Waals surface area contributed by atoms with Crippen molar-refractivity contribution >= 4 is 17.4 Å². The second-order valence-corrected chi connectivity index (χ2v) is 9.59. The second-order valence-electron chi connectivity index (χ2n) is 9.59. The van der Waals surface area contributed by atoms with Gasteiger partial charge in [0.25, 0.3) is 5.88 Å². The average Bonchev–Trinajstić information content (AvgIpc) is 2.95. The molecule has 5 rings (SSSR count). The van der Waals surface area contributed by atoms with Crippen molar-refractivity contribution in [3.8, 4) is 17.0 Å². The fourth-order valence-corrected chi connectivity index (χ4v) is 4.69. The van der Waals surface area contributed by atoms with Crippen LogP contribution in [0.1, 0.15) is 5.56 Å². The summed E-state index contributed by atoms with van der Waals surface area (Å²) >= 11 is 0. The predicted molar refractivity (Wildman–Crippen MR) is 137 cm³/mol. The Kier molecular flexibility index (Phi) is 8.40. The van der Waals surface area contributed by atoms with Crippen molar-refractivity contribution in [2.75, 3.05) is 82.5 Å². The fourth-order valence-electron chi connectivity index (χ4n) is 4.69. The summed E-state index contributed by atoms with van der Waals surface area (Å²) in [6.45, 7) is 6.33. The zero-order valence-corrected chi connectivity index (χ0v) is 21.7. The lowest BCUT2D eigenvalue weighted by Gasteiger charge is -2.33. The Morgan fingerprint density at radius 2 is 1.74 bits per heavy atom. The maximum atomic E-state index is 13.1. The SMILES string of the molecule is Cc1ccc(NC(=O)N2CCO[C@H](C(F)(F)F)C2)cc1-c1cnc(ON2CCOCC2)c(N2CCOCC2)c1. The van der Waals surface area contributed by atoms with Gasteiger partial charge in [0.15, 0.2) is 6.10 Å². The second kappa shape index (κ2) is 11.9. The topological polar surface area (TPSA) is 88.6 Å². The van der Waals surface area contributed by atoms with Gasteiger partial charge in [0.05, 0.1) is 52.7 Å². The molecule has 0 bridgehead atoms. The molecule has 3 aliphatic rings. The van der Waals surface area contributed by atoms with E-state index in [-0.39, 0.29) is 13.2 Å². The number of alkyl halides is 3. The number of hydrogen-bond acceptors (Lipinski definition) is 8. The quantitative estimate of drug-likeness (QED) is 0.606. The molecule has 0 spiro atoms. The number of nitrogens with zero attached hydrogens (tertiary/aromatic N) is 4. The van der Waals surface area contributed by atoms with Crippen LogP contribution in [0.25, 0.3) is 11.1 Å². The molecule has 3 fully saturated rings. The summed E-state index contributed by atoms with van der Waals surface area (Å²) in [6.07, 6.45) is -4.80. The lowest BCUT2D eigenvalue weighted by atomic mass is 10.0. The predicted octanol–water partition coefficient (Wildman–Crippen LogP) is 3.31. The molecule has 0 aliphatic carbocycles. The number of urea groups is 1. The zero-order valence-electron chi connectivity index (χ0n) is 21.7. The van der Waals surface area contributed by atoms with Crippen molar-refractivity contribution in [1.29, 1.82) is 0 Å². The lowest BCUT2D eigenvalue weighted by molar-refractivity contribution is -0.233. The number of amides is 2. The van der Waals surface area contributed by atoms with E-state index in [1.807, 2.05) is 24.1 Å². The molecule has 39 heavy (non-hydrogen) atoms. The number of ether oxygens (including phenoxy) is 3. The van der Waals surface area contributed by atoms with E-state index in [1.54, 1.807) is 18.3 Å². The van der Waals surface area contributed by atoms with Gasteiger partial charge in [-0.05, 0) is 36.2 Å². The zero-order chi connectivity index (χ0) is 27.4. The number of rotatable bonds is 5. The van der Waals surface area contributed by atoms with Crippen molar-refractivity contribution in [2.24, 2.45) is 0 Å². The first-order valence-corrected chi connectivity index (χ1v) is 13.0. The van der Waals surface area contributed by atoms with Gasteiger partial charge < -0.3 is 34.2 Å². The largest absolute Gasteiger partial charge is 0.416 e. The molecule has 0 unspecified atom stereocenters. The number of hydrogen-bond donors (Lipinski definition) is 1. The molecule has 4 heterocycles. The third kappa shape index (κ3) is 6.72. The number of nitrogens with one attached hydrogen (secondary N) is 1. The summed E-state index contributed by atoms with van der Waals surface area (Å²) in [5.74, 6) is 0.496. The van der Waals surface area contributed by atoms with Gasteiger partial charge >= 0.3 is 12.2 Å². The Hall–Kier alpha value is -3.13. The molecule has 1 aromatic carbocycles. The number of morpholine rings is 3. The average molecular weight is 552 g/mol. The van der Waals surface area contributed by atoms with Crippen LogP contribution in [0.2, 0.25) is 0 Å². The molecular formula is C26H32F3N5O5. The molecule has 10 nitrogen and oxygen atoms in total. The fraction of sp³-hybridized carbons (Fsp3) is 0.538. The van der Waals surface area contributed by atoms with Gasteiger partial charge in [-0.2, -0.15) is 13.2 Å². The first-order chi connectivity index (χ1) is 18.8. The lowest BCUT2D eigenvalue weighted by Crippen LogP contribution is -2.52. The van der Waals surface area contributed by atoms with Gasteiger partial charge in [0.2, 0.25) is 0 Å². The molecule has 13 heteroatoms. The van der Waals surface area contributed by atoms with E-state index in [0.29, 0.717) is 64.2 Å². The number of hydroxylamine groups is 2. The highest BCUT2D eigenvalue weighted by molar-refractivity contribution is 5.90. The Labute approximate surface area is 224 Å². The maximum absolute atomic E-state index is 13.1. The summed E-state index contributed by atoms with van der Waals surface area (Å²) in [7, 11) is 0. The van der Waals surface area contributed by atoms with Crippen molar-refractivity contribution in [2.45, 2.75) is 19.2 Å². The van der Waals surface area contributed by atoms with Gasteiger partial charge in [0, 0.05) is 37.1 Å². The van der Waals surface area contributed by atoms with Crippen molar-refractivity contribution in [1.82, 2.24) is 14.9 Å². The number of carbonyl (C=O) groups is 1. The van der Waals surface area contributed by atoms with Crippen LogP contribution in [0.4, 0.5) is 29.3 Å². The van der Waals surface area contributed by atoms with Crippen LogP contribution in [0.5, 0.6) is 5.88 Å². The summed E-state index contributed by atoms with van der Waals surface area (Å²) < 4.78 is 55.0. The van der Waals surface area contributed by atoms with Crippen LogP contribution in [0.3, 0.4) is 0 Å². The molecular weight excluding hydrogens is 519 g/mol. The van der Waals surface area contributed by atoms with E-state index in [0.717, 1.165) is 27.3 Å². The number of benzene rings is 1. The highest BCUT2D eigenvalue weighted by atomic mass is 19.4. The van der Waals surface area contributed by atoms with Crippen molar-refractivity contribution in [3.05, 3.63) is 36.0 Å². The minimum Gasteiger partial charge on any atom is -0.383 e. The van der Waals surface area contributed by atoms with Gasteiger partial charge in [-0.3, -0.25) is 0 Å². The molecule has 1 atom stereocenters. The van der Waals surface area contributed by atoms with Gasteiger partial charge in [0.1, 0.15) is 5.69 Å². The highest BCUT2D eigenvalue weighted by Crippen LogP contribution is 2.35. The van der Waals surface area contributed by atoms with Crippen LogP contribution < -0.4 is 15.1 Å². The maximum Gasteiger partial charge on any atom is 0.416 e. The molecule has 2 amide bonds. The number of pyridine rings is 1. The third-order valence-electron chi connectivity index (χ3n) is 6.89. The third-order valence-corrected chi connectivity index (χ3v) is 6.89. The highest BCUT2D eigenvalue weighted by Gasteiger charge is 2.44. The molecule has 3 aliphatic heterocycles. The standard InChI is InChI=1S/C26H32F3N5O5/c1-18-2-3-20(31-25(35)33-6-13-38-23(17-33)26(27,28)29)15-21(18)19-14-22(32-4-9-36-10-5-32)24(30-16-19)39-34-7-11-37-12-8-34/h2-3,14-16,23H,4-13,17H2,1H3,(H,31,35)/t23-/m0/s1. The Morgan fingerprint density at radius 3 is 2.46 bits per heavy atom. The van der Waals surface area contributed by atoms with Crippen LogP contribution in [-0.2, 0) is 14.2 Å². The van der Waals surface area contributed by atoms with E-state index in [2.05, 4.69) is 15.2 Å². The van der Waals surface area contributed by atoms with E-state index >= 15 is 0 Å². The Bertz CT molecular complexity index is 1160. The Balaban J connectivity index is 1.37. The van der Waals surface area contributed by atoms with Crippen LogP contribution in [0.15, 0.2) is 30.5 Å². The minimum atomic E-state index is -4.53. The van der Waals surface area contributed by atoms with Crippen LogP contribution in [-0.4, -0.2) is 106 Å². The van der Waals surface area contributed by atoms with E-state index in [1.165, 1.54) is 0 Å². The number of halogens is 3. The summed E-state index contributed by atoms with van der Waals surface area (Å²) in [5, 5.41) is 4.58. The first-order valence-electron chi connectivity index (χ1n) is 13.0. The van der Waals surface area contributed by atoms with Gasteiger partial charge in [-0.15, -0.1) is 5.06 Å². The minimum absolute atomic E-state index is 0.0779. The first kappa shape index (κ1) is 27.4. The normalized spacial score (nSPS) is 21.1. The van der Waals surface area contributed by atoms with Crippen LogP contribution >= 0.6 is 0 Å². The van der Waals surface area contributed by atoms with Gasteiger partial charge in [-0.1, -0.05) is 6.07 Å². The monoisotopic (exact) mass is 551 g/mol. The number of carbonyl (C=O) groups excluding carboxylic acids is 1. The molecule has 2 aromatic rings. The smallest absolute Gasteiger partial charge is 0.383 e. The van der Waals surface area contributed by atoms with Gasteiger partial charge in [-0.25, -0.2) is 9.78 Å². The van der Waals surface area contributed by atoms with Crippen molar-refractivity contribution < 1.29 is 37.0 Å². The molecule has 1 N–H and O–H groups in total. The number of aryl methyl sites for hydroxylation is 1. The van der Waals surface area contributed by atoms with E-state index in [9.17, 15) is 18.0 Å². The Morgan fingerprint density at radius 1 is 1.03 bits per heavy atom. The summed E-state index contributed by atoms with van der Waals surface area (Å²) in [4.78, 5) is 26.9. The molecule has 0 radical (unpaired) electrons. The molecule has 3 saturated heterocycles. The van der Waals surface area contributed by atoms with Crippen LogP contribution in [0, 0.1) is 6.92 Å². The summed E-state index contributed by atoms with van der Waals surface area (Å²) in [5.41, 5.74) is 3.92. The molecule has 0 saturated carbocycles. The van der Waals surface area contributed by atoms with E-state index < -0.39 is 24.9 Å².